The summed E-state index contributed by atoms with van der Waals surface area (Å²) in [5, 5.41) is 3.70. The molecule has 0 radical (unpaired) electrons. The number of aryl methyl sites for hydroxylation is 1. The smallest absolute Gasteiger partial charge is 0.178 e. The van der Waals surface area contributed by atoms with Crippen LogP contribution < -0.4 is 5.73 Å². The van der Waals surface area contributed by atoms with Gasteiger partial charge >= 0.3 is 0 Å². The van der Waals surface area contributed by atoms with Gasteiger partial charge in [-0.3, -0.25) is 4.98 Å². The molecule has 21 heavy (non-hydrogen) atoms. The van der Waals surface area contributed by atoms with Gasteiger partial charge in [-0.1, -0.05) is 5.16 Å². The van der Waals surface area contributed by atoms with Crippen LogP contribution in [0.25, 0.3) is 22.5 Å². The van der Waals surface area contributed by atoms with Crippen LogP contribution in [-0.2, 0) is 0 Å². The Kier molecular flexibility index (Phi) is 3.13. The quantitative estimate of drug-likeness (QED) is 0.782. The van der Waals surface area contributed by atoms with Crippen molar-refractivity contribution in [3.63, 3.8) is 0 Å². The molecule has 0 aliphatic heterocycles. The van der Waals surface area contributed by atoms with Gasteiger partial charge in [-0.05, 0) is 36.8 Å². The fraction of sp³-hybridized carbons (Fsp3) is 0.0667. The van der Waals surface area contributed by atoms with E-state index < -0.39 is 11.6 Å². The van der Waals surface area contributed by atoms with Crippen molar-refractivity contribution in [1.82, 2.24) is 10.1 Å². The Morgan fingerprint density at radius 2 is 1.86 bits per heavy atom. The Bertz CT molecular complexity index is 794. The fourth-order valence-corrected chi connectivity index (χ4v) is 2.19. The molecule has 0 aliphatic rings. The number of nitrogen functional groups attached to an aromatic ring is 1. The number of rotatable bonds is 2. The van der Waals surface area contributed by atoms with E-state index in [1.807, 2.05) is 0 Å². The maximum atomic E-state index is 13.4. The highest BCUT2D eigenvalue weighted by Gasteiger charge is 2.20. The molecular weight excluding hydrogens is 276 g/mol. The van der Waals surface area contributed by atoms with Gasteiger partial charge in [-0.25, -0.2) is 8.78 Å². The van der Waals surface area contributed by atoms with E-state index >= 15 is 0 Å². The van der Waals surface area contributed by atoms with Gasteiger partial charge in [0, 0.05) is 23.5 Å². The van der Waals surface area contributed by atoms with Crippen LogP contribution in [0.15, 0.2) is 41.1 Å². The monoisotopic (exact) mass is 287 g/mol. The summed E-state index contributed by atoms with van der Waals surface area (Å²) >= 11 is 0. The second-order valence-corrected chi connectivity index (χ2v) is 4.57. The normalized spacial score (nSPS) is 10.8. The molecule has 4 nitrogen and oxygen atoms in total. The lowest BCUT2D eigenvalue weighted by Gasteiger charge is -2.05. The van der Waals surface area contributed by atoms with Crippen LogP contribution in [0.1, 0.15) is 5.69 Å². The molecule has 3 rings (SSSR count). The largest absolute Gasteiger partial charge is 0.380 e. The van der Waals surface area contributed by atoms with Crippen molar-refractivity contribution in [1.29, 1.82) is 0 Å². The number of pyridine rings is 1. The zero-order valence-corrected chi connectivity index (χ0v) is 11.1. The first-order chi connectivity index (χ1) is 10.1. The highest BCUT2D eigenvalue weighted by Crippen LogP contribution is 2.37. The summed E-state index contributed by atoms with van der Waals surface area (Å²) in [5.74, 6) is -0.986. The molecule has 1 aromatic carbocycles. The van der Waals surface area contributed by atoms with Crippen molar-refractivity contribution in [2.45, 2.75) is 6.92 Å². The van der Waals surface area contributed by atoms with Crippen LogP contribution in [0, 0.1) is 18.6 Å². The Balaban J connectivity index is 2.25. The summed E-state index contributed by atoms with van der Waals surface area (Å²) < 4.78 is 32.1. The molecule has 2 aromatic heterocycles. The van der Waals surface area contributed by atoms with E-state index in [-0.39, 0.29) is 11.4 Å². The number of anilines is 1. The van der Waals surface area contributed by atoms with Crippen molar-refractivity contribution < 1.29 is 13.3 Å². The summed E-state index contributed by atoms with van der Waals surface area (Å²) in [6, 6.07) is 6.67. The minimum absolute atomic E-state index is 0.0678. The number of aromatic nitrogens is 2. The lowest BCUT2D eigenvalue weighted by Crippen LogP contribution is -1.92. The number of nitrogens with two attached hydrogens (primary N) is 1. The van der Waals surface area contributed by atoms with E-state index in [2.05, 4.69) is 10.1 Å². The van der Waals surface area contributed by atoms with Crippen molar-refractivity contribution in [2.24, 2.45) is 0 Å². The average Bonchev–Trinajstić information content (AvgIpc) is 2.80. The molecule has 0 atom stereocenters. The van der Waals surface area contributed by atoms with Crippen LogP contribution in [0.4, 0.5) is 14.6 Å². The topological polar surface area (TPSA) is 64.9 Å². The first-order valence-corrected chi connectivity index (χ1v) is 6.20. The van der Waals surface area contributed by atoms with Gasteiger partial charge in [0.1, 0.15) is 11.6 Å². The predicted octanol–water partition coefficient (Wildman–Crippen LogP) is 3.57. The zero-order valence-electron chi connectivity index (χ0n) is 11.1. The number of hydrogen-bond donors (Lipinski definition) is 1. The second-order valence-electron chi connectivity index (χ2n) is 4.57. The molecule has 0 fully saturated rings. The second kappa shape index (κ2) is 4.97. The third kappa shape index (κ3) is 2.35. The third-order valence-electron chi connectivity index (χ3n) is 3.12. The predicted molar refractivity (Wildman–Crippen MR) is 74.2 cm³/mol. The zero-order chi connectivity index (χ0) is 15.0. The van der Waals surface area contributed by atoms with E-state index in [1.54, 1.807) is 25.3 Å². The van der Waals surface area contributed by atoms with Crippen LogP contribution in [0.3, 0.4) is 0 Å². The average molecular weight is 287 g/mol. The van der Waals surface area contributed by atoms with E-state index in [0.29, 0.717) is 22.6 Å². The Morgan fingerprint density at radius 1 is 1.14 bits per heavy atom. The summed E-state index contributed by atoms with van der Waals surface area (Å²) in [4.78, 5) is 4.16. The molecule has 3 aromatic rings. The van der Waals surface area contributed by atoms with Crippen molar-refractivity contribution in [3.8, 4) is 22.5 Å². The molecule has 0 unspecified atom stereocenters. The minimum atomic E-state index is -0.695. The maximum Gasteiger partial charge on any atom is 0.178 e. The number of hydrogen-bond acceptors (Lipinski definition) is 4. The van der Waals surface area contributed by atoms with Gasteiger partial charge in [-0.15, -0.1) is 0 Å². The fourth-order valence-electron chi connectivity index (χ4n) is 2.19. The van der Waals surface area contributed by atoms with Gasteiger partial charge in [0.05, 0.1) is 5.56 Å². The Hall–Kier alpha value is -2.76. The summed E-state index contributed by atoms with van der Waals surface area (Å²) in [5.41, 5.74) is 7.78. The first kappa shape index (κ1) is 13.2. The number of nitrogens with zero attached hydrogens (tertiary/aromatic N) is 2. The van der Waals surface area contributed by atoms with E-state index in [9.17, 15) is 8.78 Å². The minimum Gasteiger partial charge on any atom is -0.380 e. The van der Waals surface area contributed by atoms with Crippen LogP contribution in [0.2, 0.25) is 0 Å². The van der Waals surface area contributed by atoms with Gasteiger partial charge in [0.15, 0.2) is 11.6 Å². The SMILES string of the molecule is Cc1ncccc1-c1onc(N)c1-c1cc(F)cc(F)c1. The Morgan fingerprint density at radius 3 is 2.52 bits per heavy atom. The van der Waals surface area contributed by atoms with Crippen molar-refractivity contribution >= 4 is 5.82 Å². The highest BCUT2D eigenvalue weighted by molar-refractivity contribution is 5.87. The van der Waals surface area contributed by atoms with Crippen molar-refractivity contribution in [3.05, 3.63) is 53.9 Å². The Labute approximate surface area is 119 Å². The standard InChI is InChI=1S/C15H11F2N3O/c1-8-12(3-2-4-19-8)14-13(15(18)20-21-14)9-5-10(16)7-11(17)6-9/h2-7H,1H3,(H2,18,20). The molecule has 6 heteroatoms. The first-order valence-electron chi connectivity index (χ1n) is 6.20. The van der Waals surface area contributed by atoms with Gasteiger partial charge in [-0.2, -0.15) is 0 Å². The molecular formula is C15H11F2N3O. The van der Waals surface area contributed by atoms with E-state index in [0.717, 1.165) is 6.07 Å². The lowest BCUT2D eigenvalue weighted by atomic mass is 10.0. The third-order valence-corrected chi connectivity index (χ3v) is 3.12. The summed E-state index contributed by atoms with van der Waals surface area (Å²) in [6.07, 6.45) is 1.64. The van der Waals surface area contributed by atoms with Gasteiger partial charge in [0.25, 0.3) is 0 Å². The summed E-state index contributed by atoms with van der Waals surface area (Å²) in [7, 11) is 0. The molecule has 0 spiro atoms. The van der Waals surface area contributed by atoms with Gasteiger partial charge in [0.2, 0.25) is 0 Å². The van der Waals surface area contributed by atoms with Crippen LogP contribution in [-0.4, -0.2) is 10.1 Å². The molecule has 2 heterocycles. The van der Waals surface area contributed by atoms with E-state index in [4.69, 9.17) is 10.3 Å². The molecule has 0 saturated heterocycles. The van der Waals surface area contributed by atoms with Crippen LogP contribution >= 0.6 is 0 Å². The molecule has 2 N–H and O–H groups in total. The van der Waals surface area contributed by atoms with E-state index in [1.165, 1.54) is 12.1 Å². The maximum absolute atomic E-state index is 13.4. The molecule has 106 valence electrons. The van der Waals surface area contributed by atoms with Crippen molar-refractivity contribution in [2.75, 3.05) is 5.73 Å². The molecule has 0 bridgehead atoms. The molecule has 0 saturated carbocycles. The number of benzene rings is 1. The molecule has 0 amide bonds. The summed E-state index contributed by atoms with van der Waals surface area (Å²) in [6.45, 7) is 1.80. The lowest BCUT2D eigenvalue weighted by molar-refractivity contribution is 0.435. The van der Waals surface area contributed by atoms with Gasteiger partial charge < -0.3 is 10.3 Å². The highest BCUT2D eigenvalue weighted by atomic mass is 19.1. The number of halogens is 2. The van der Waals surface area contributed by atoms with Crippen LogP contribution in [0.5, 0.6) is 0 Å². The molecule has 0 aliphatic carbocycles.